The Kier molecular flexibility index (Phi) is 4.30. The third-order valence-corrected chi connectivity index (χ3v) is 5.58. The van der Waals surface area contributed by atoms with Crippen LogP contribution < -0.4 is 0 Å². The second kappa shape index (κ2) is 6.73. The van der Waals surface area contributed by atoms with Crippen molar-refractivity contribution in [1.82, 2.24) is 19.3 Å². The molecule has 3 aromatic rings. The summed E-state index contributed by atoms with van der Waals surface area (Å²) in [6.45, 7) is 0.829. The highest BCUT2D eigenvalue weighted by molar-refractivity contribution is 7.09. The van der Waals surface area contributed by atoms with Crippen molar-refractivity contribution in [1.29, 1.82) is 0 Å². The van der Waals surface area contributed by atoms with Gasteiger partial charge in [0.05, 0.1) is 0 Å². The number of aryl methyl sites for hydroxylation is 1. The smallest absolute Gasteiger partial charge is 0.274 e. The minimum atomic E-state index is 0.0383. The van der Waals surface area contributed by atoms with E-state index in [0.29, 0.717) is 17.5 Å². The zero-order chi connectivity index (χ0) is 16.4. The van der Waals surface area contributed by atoms with Crippen LogP contribution >= 0.6 is 11.3 Å². The van der Waals surface area contributed by atoms with E-state index in [0.717, 1.165) is 32.2 Å². The summed E-state index contributed by atoms with van der Waals surface area (Å²) in [5, 5.41) is 2.11. The molecule has 0 radical (unpaired) electrons. The number of thiophene rings is 1. The lowest BCUT2D eigenvalue weighted by Crippen LogP contribution is -2.44. The molecule has 4 heterocycles. The first-order valence-electron chi connectivity index (χ1n) is 8.44. The summed E-state index contributed by atoms with van der Waals surface area (Å²) >= 11 is 1.79. The molecule has 24 heavy (non-hydrogen) atoms. The summed E-state index contributed by atoms with van der Waals surface area (Å²) in [5.41, 5.74) is 0.497. The van der Waals surface area contributed by atoms with Crippen molar-refractivity contribution in [2.45, 2.75) is 38.1 Å². The zero-order valence-corrected chi connectivity index (χ0v) is 14.3. The quantitative estimate of drug-likeness (QED) is 0.731. The summed E-state index contributed by atoms with van der Waals surface area (Å²) in [4.78, 5) is 25.0. The number of aromatic nitrogens is 3. The molecule has 1 amide bonds. The predicted molar refractivity (Wildman–Crippen MR) is 94.3 cm³/mol. The average molecular weight is 340 g/mol. The summed E-state index contributed by atoms with van der Waals surface area (Å²) in [6.07, 6.45) is 10.8. The number of rotatable bonds is 4. The van der Waals surface area contributed by atoms with Crippen LogP contribution in [0.5, 0.6) is 0 Å². The minimum Gasteiger partial charge on any atom is -0.334 e. The first-order chi connectivity index (χ1) is 11.8. The molecule has 1 aliphatic heterocycles. The zero-order valence-electron chi connectivity index (χ0n) is 13.5. The molecular weight excluding hydrogens is 320 g/mol. The first kappa shape index (κ1) is 15.3. The van der Waals surface area contributed by atoms with Crippen LogP contribution in [0.2, 0.25) is 0 Å². The molecule has 1 fully saturated rings. The van der Waals surface area contributed by atoms with Gasteiger partial charge in [-0.25, -0.2) is 9.97 Å². The number of fused-ring (bicyclic) bond motifs is 1. The molecule has 3 aromatic heterocycles. The van der Waals surface area contributed by atoms with Gasteiger partial charge < -0.3 is 4.90 Å². The Balaban J connectivity index is 1.51. The number of nitrogens with zero attached hydrogens (tertiary/aromatic N) is 4. The van der Waals surface area contributed by atoms with Crippen molar-refractivity contribution in [3.8, 4) is 0 Å². The molecule has 0 bridgehead atoms. The molecule has 4 rings (SSSR count). The Morgan fingerprint density at radius 3 is 3.12 bits per heavy atom. The van der Waals surface area contributed by atoms with Crippen LogP contribution in [0.25, 0.3) is 5.78 Å². The van der Waals surface area contributed by atoms with Crippen molar-refractivity contribution >= 4 is 23.0 Å². The highest BCUT2D eigenvalue weighted by Crippen LogP contribution is 2.24. The van der Waals surface area contributed by atoms with Gasteiger partial charge >= 0.3 is 0 Å². The molecule has 0 aliphatic carbocycles. The lowest BCUT2D eigenvalue weighted by Gasteiger charge is -2.35. The number of hydrogen-bond donors (Lipinski definition) is 0. The molecule has 1 saturated heterocycles. The van der Waals surface area contributed by atoms with Crippen LogP contribution in [-0.4, -0.2) is 37.8 Å². The van der Waals surface area contributed by atoms with Crippen molar-refractivity contribution in [2.24, 2.45) is 0 Å². The van der Waals surface area contributed by atoms with Crippen molar-refractivity contribution < 1.29 is 4.79 Å². The third-order valence-electron chi connectivity index (χ3n) is 4.65. The van der Waals surface area contributed by atoms with Crippen molar-refractivity contribution in [3.05, 3.63) is 52.7 Å². The van der Waals surface area contributed by atoms with Gasteiger partial charge in [0.25, 0.3) is 5.91 Å². The van der Waals surface area contributed by atoms with Crippen LogP contribution in [0.1, 0.15) is 41.0 Å². The highest BCUT2D eigenvalue weighted by atomic mass is 32.1. The van der Waals surface area contributed by atoms with E-state index in [1.165, 1.54) is 11.3 Å². The Bertz CT molecular complexity index is 794. The fraction of sp³-hybridized carbons (Fsp3) is 0.389. The van der Waals surface area contributed by atoms with E-state index in [-0.39, 0.29) is 5.91 Å². The molecule has 5 nitrogen and oxygen atoms in total. The van der Waals surface area contributed by atoms with Gasteiger partial charge in [-0.2, -0.15) is 0 Å². The molecule has 1 aliphatic rings. The van der Waals surface area contributed by atoms with Crippen LogP contribution in [0.3, 0.4) is 0 Å². The topological polar surface area (TPSA) is 50.5 Å². The number of carbonyl (C=O) groups excluding carboxylic acids is 1. The number of piperidine rings is 1. The fourth-order valence-corrected chi connectivity index (χ4v) is 4.14. The van der Waals surface area contributed by atoms with Gasteiger partial charge in [-0.05, 0) is 49.6 Å². The maximum Gasteiger partial charge on any atom is 0.274 e. The van der Waals surface area contributed by atoms with E-state index in [9.17, 15) is 4.79 Å². The van der Waals surface area contributed by atoms with E-state index in [1.54, 1.807) is 28.1 Å². The van der Waals surface area contributed by atoms with E-state index in [1.807, 2.05) is 17.2 Å². The Hall–Kier alpha value is -2.21. The number of amides is 1. The molecule has 6 heteroatoms. The van der Waals surface area contributed by atoms with Gasteiger partial charge in [0.15, 0.2) is 0 Å². The van der Waals surface area contributed by atoms with Crippen LogP contribution in [-0.2, 0) is 6.42 Å². The van der Waals surface area contributed by atoms with Crippen LogP contribution in [0.4, 0.5) is 0 Å². The maximum atomic E-state index is 13.0. The summed E-state index contributed by atoms with van der Waals surface area (Å²) in [7, 11) is 0. The Labute approximate surface area is 145 Å². The molecule has 1 atom stereocenters. The maximum absolute atomic E-state index is 13.0. The normalized spacial score (nSPS) is 18.2. The summed E-state index contributed by atoms with van der Waals surface area (Å²) in [6, 6.07) is 6.42. The molecule has 0 spiro atoms. The third kappa shape index (κ3) is 3.06. The van der Waals surface area contributed by atoms with Gasteiger partial charge in [-0.1, -0.05) is 6.07 Å². The predicted octanol–water partition coefficient (Wildman–Crippen LogP) is 3.42. The minimum absolute atomic E-state index is 0.0383. The summed E-state index contributed by atoms with van der Waals surface area (Å²) in [5.74, 6) is 0.615. The molecular formula is C18H20N4OS. The van der Waals surface area contributed by atoms with Gasteiger partial charge in [0.1, 0.15) is 5.69 Å². The van der Waals surface area contributed by atoms with E-state index in [4.69, 9.17) is 0 Å². The Morgan fingerprint density at radius 2 is 2.29 bits per heavy atom. The monoisotopic (exact) mass is 340 g/mol. The molecule has 124 valence electrons. The lowest BCUT2D eigenvalue weighted by atomic mass is 9.97. The Morgan fingerprint density at radius 1 is 1.33 bits per heavy atom. The highest BCUT2D eigenvalue weighted by Gasteiger charge is 2.28. The standard InChI is InChI=1S/C18H20N4OS/c23-17(16-13-21-10-4-9-19-18(21)20-16)22-11-2-1-5-14(22)7-8-15-6-3-12-24-15/h3-4,6,9-10,12-14H,1-2,5,7-8,11H2. The summed E-state index contributed by atoms with van der Waals surface area (Å²) < 4.78 is 1.80. The van der Waals surface area contributed by atoms with Gasteiger partial charge in [-0.3, -0.25) is 9.20 Å². The van der Waals surface area contributed by atoms with Crippen molar-refractivity contribution in [2.75, 3.05) is 6.54 Å². The molecule has 0 N–H and O–H groups in total. The number of imidazole rings is 1. The van der Waals surface area contributed by atoms with Crippen molar-refractivity contribution in [3.63, 3.8) is 0 Å². The number of carbonyl (C=O) groups is 1. The number of hydrogen-bond acceptors (Lipinski definition) is 4. The average Bonchev–Trinajstić information content (AvgIpc) is 3.29. The van der Waals surface area contributed by atoms with Gasteiger partial charge in [0.2, 0.25) is 5.78 Å². The van der Waals surface area contributed by atoms with E-state index in [2.05, 4.69) is 27.5 Å². The van der Waals surface area contributed by atoms with Crippen LogP contribution in [0, 0.1) is 0 Å². The van der Waals surface area contributed by atoms with E-state index < -0.39 is 0 Å². The lowest BCUT2D eigenvalue weighted by molar-refractivity contribution is 0.0597. The van der Waals surface area contributed by atoms with Crippen LogP contribution in [0.15, 0.2) is 42.2 Å². The molecule has 0 saturated carbocycles. The second-order valence-electron chi connectivity index (χ2n) is 6.22. The fourth-order valence-electron chi connectivity index (χ4n) is 3.41. The van der Waals surface area contributed by atoms with E-state index >= 15 is 0 Å². The second-order valence-corrected chi connectivity index (χ2v) is 7.25. The van der Waals surface area contributed by atoms with Gasteiger partial charge in [-0.15, -0.1) is 11.3 Å². The molecule has 0 aromatic carbocycles. The molecule has 1 unspecified atom stereocenters. The number of likely N-dealkylation sites (tertiary alicyclic amines) is 1. The SMILES string of the molecule is O=C(c1cn2cccnc2n1)N1CCCCC1CCc1cccs1. The largest absolute Gasteiger partial charge is 0.334 e. The first-order valence-corrected chi connectivity index (χ1v) is 9.32. The van der Waals surface area contributed by atoms with Gasteiger partial charge in [0, 0.05) is 36.1 Å².